The summed E-state index contributed by atoms with van der Waals surface area (Å²) in [4.78, 5) is 28.8. The summed E-state index contributed by atoms with van der Waals surface area (Å²) >= 11 is 7.14. The molecule has 0 spiro atoms. The molecule has 0 unspecified atom stereocenters. The van der Waals surface area contributed by atoms with E-state index in [4.69, 9.17) is 26.1 Å². The van der Waals surface area contributed by atoms with E-state index in [9.17, 15) is 15.3 Å². The number of halogens is 1. The number of ether oxygens (including phenoxy) is 2. The number of carbonyl (C=O) groups excluding carboxylic acids is 1. The number of amides is 1. The van der Waals surface area contributed by atoms with Crippen molar-refractivity contribution < 1.29 is 14.3 Å². The number of fused-ring (bicyclic) bond motifs is 2. The van der Waals surface area contributed by atoms with Gasteiger partial charge in [-0.25, -0.2) is 9.78 Å². The van der Waals surface area contributed by atoms with Gasteiger partial charge in [-0.3, -0.25) is 0 Å². The molecule has 14 heteroatoms. The van der Waals surface area contributed by atoms with Crippen molar-refractivity contribution >= 4 is 46.5 Å². The van der Waals surface area contributed by atoms with Crippen LogP contribution in [-0.2, 0) is 11.3 Å². The highest BCUT2D eigenvalue weighted by atomic mass is 35.5. The van der Waals surface area contributed by atoms with Gasteiger partial charge in [-0.2, -0.15) is 20.0 Å². The second kappa shape index (κ2) is 13.2. The Kier molecular flexibility index (Phi) is 8.78. The number of methoxy groups -OCH3 is 1. The first-order valence-electron chi connectivity index (χ1n) is 16.9. The van der Waals surface area contributed by atoms with E-state index in [0.29, 0.717) is 59.6 Å². The molecule has 2 aromatic carbocycles. The molecule has 1 saturated carbocycles. The summed E-state index contributed by atoms with van der Waals surface area (Å²) in [6.07, 6.45) is 5.07. The van der Waals surface area contributed by atoms with Crippen LogP contribution in [0.5, 0.6) is 5.75 Å². The van der Waals surface area contributed by atoms with Crippen LogP contribution in [0.1, 0.15) is 63.3 Å². The molecule has 258 valence electrons. The lowest BCUT2D eigenvalue weighted by Gasteiger charge is -2.37. The highest BCUT2D eigenvalue weighted by Gasteiger charge is 2.43. The molecule has 1 N–H and O–H groups in total. The van der Waals surface area contributed by atoms with Gasteiger partial charge >= 0.3 is 6.09 Å². The van der Waals surface area contributed by atoms with Crippen LogP contribution >= 0.6 is 11.6 Å². The second-order valence-electron chi connectivity index (χ2n) is 14.1. The van der Waals surface area contributed by atoms with Crippen LogP contribution in [0.2, 0.25) is 5.02 Å². The van der Waals surface area contributed by atoms with E-state index >= 15 is 0 Å². The quantitative estimate of drug-likeness (QED) is 0.222. The van der Waals surface area contributed by atoms with E-state index in [1.54, 1.807) is 19.2 Å². The van der Waals surface area contributed by atoms with Crippen molar-refractivity contribution in [2.75, 3.05) is 41.9 Å². The number of piperidine rings is 1. The van der Waals surface area contributed by atoms with Gasteiger partial charge in [0.15, 0.2) is 17.2 Å². The van der Waals surface area contributed by atoms with Crippen molar-refractivity contribution in [3.63, 3.8) is 0 Å². The minimum atomic E-state index is -0.589. The first kappa shape index (κ1) is 33.2. The van der Waals surface area contributed by atoms with Crippen molar-refractivity contribution in [2.24, 2.45) is 5.92 Å². The van der Waals surface area contributed by atoms with Crippen molar-refractivity contribution in [1.29, 1.82) is 10.5 Å². The topological polar surface area (TPSA) is 148 Å². The number of hydrogen-bond donors (Lipinski definition) is 1. The largest absolute Gasteiger partial charge is 0.497 e. The summed E-state index contributed by atoms with van der Waals surface area (Å²) in [5.41, 5.74) is 2.77. The Labute approximate surface area is 296 Å². The monoisotopic (exact) mass is 694 g/mol. The van der Waals surface area contributed by atoms with Crippen molar-refractivity contribution in [1.82, 2.24) is 24.5 Å². The first-order valence-corrected chi connectivity index (χ1v) is 17.2. The molecule has 4 heterocycles. The number of benzene rings is 2. The lowest BCUT2D eigenvalue weighted by Crippen LogP contribution is -2.50. The van der Waals surface area contributed by atoms with Gasteiger partial charge in [0.2, 0.25) is 5.95 Å². The van der Waals surface area contributed by atoms with E-state index in [1.165, 1.54) is 10.7 Å². The SMILES string of the molecule is COc1ccc(CN(c2nc(Nc3cc(C#N)cc(N4C[C@@H]5CCCN(C(=O)OC(C)(C)C)[C@@H]5C4)c3Cl)nn3c(C#N)cnc23)C2CC2)cc1. The number of imidazole rings is 1. The summed E-state index contributed by atoms with van der Waals surface area (Å²) in [5, 5.41) is 28.3. The molecule has 0 radical (unpaired) electrons. The van der Waals surface area contributed by atoms with Gasteiger partial charge in [0.1, 0.15) is 17.4 Å². The average Bonchev–Trinajstić information content (AvgIpc) is 3.71. The Morgan fingerprint density at radius 3 is 2.58 bits per heavy atom. The number of nitrogens with zero attached hydrogens (tertiary/aromatic N) is 9. The zero-order valence-corrected chi connectivity index (χ0v) is 29.3. The third-order valence-corrected chi connectivity index (χ3v) is 9.81. The molecule has 2 saturated heterocycles. The van der Waals surface area contributed by atoms with E-state index < -0.39 is 5.60 Å². The van der Waals surface area contributed by atoms with Crippen molar-refractivity contribution in [3.05, 3.63) is 64.4 Å². The standard InChI is InChI=1S/C36H39ClN10O3/c1-36(2,3)50-35(48)45-13-5-6-24-20-44(21-30(24)45)29-15-23(16-38)14-28(31(29)37)41-34-42-33(32-40-18-26(17-39)47(32)43-34)46(25-9-10-25)19-22-7-11-27(49-4)12-8-22/h7-8,11-12,14-15,18,24-25,30H,5-6,9-10,13,19-21H2,1-4H3,(H,41,43)/t24-,30+/m0/s1. The first-order chi connectivity index (χ1) is 24.0. The number of likely N-dealkylation sites (tertiary alicyclic amines) is 1. The number of carbonyl (C=O) groups is 1. The number of nitriles is 2. The Hall–Kier alpha value is -5.27. The number of rotatable bonds is 8. The molecule has 3 aliphatic rings. The molecule has 50 heavy (non-hydrogen) atoms. The fourth-order valence-corrected chi connectivity index (χ4v) is 7.20. The number of hydrogen-bond acceptors (Lipinski definition) is 11. The lowest BCUT2D eigenvalue weighted by atomic mass is 9.92. The molecule has 0 bridgehead atoms. The maximum absolute atomic E-state index is 13.2. The average molecular weight is 695 g/mol. The number of aromatic nitrogens is 4. The molecule has 4 aromatic rings. The lowest BCUT2D eigenvalue weighted by molar-refractivity contribution is 0.00669. The predicted molar refractivity (Wildman–Crippen MR) is 189 cm³/mol. The Morgan fingerprint density at radius 2 is 1.90 bits per heavy atom. The highest BCUT2D eigenvalue weighted by Crippen LogP contribution is 2.41. The minimum absolute atomic E-state index is 0.0325. The summed E-state index contributed by atoms with van der Waals surface area (Å²) in [5.74, 6) is 1.81. The van der Waals surface area contributed by atoms with E-state index in [0.717, 1.165) is 37.0 Å². The molecule has 7 rings (SSSR count). The van der Waals surface area contributed by atoms with Crippen LogP contribution in [0.25, 0.3) is 5.65 Å². The van der Waals surface area contributed by atoms with E-state index in [2.05, 4.69) is 37.3 Å². The van der Waals surface area contributed by atoms with Crippen molar-refractivity contribution in [3.8, 4) is 17.9 Å². The van der Waals surface area contributed by atoms with Gasteiger partial charge in [-0.15, -0.1) is 5.10 Å². The van der Waals surface area contributed by atoms with Crippen LogP contribution in [-0.4, -0.2) is 75.0 Å². The molecule has 2 aliphatic heterocycles. The Bertz CT molecular complexity index is 2010. The fourth-order valence-electron chi connectivity index (χ4n) is 6.92. The van der Waals surface area contributed by atoms with Gasteiger partial charge in [-0.1, -0.05) is 23.7 Å². The van der Waals surface area contributed by atoms with Gasteiger partial charge in [0.05, 0.1) is 47.4 Å². The maximum Gasteiger partial charge on any atom is 0.410 e. The van der Waals surface area contributed by atoms with Crippen LogP contribution in [0.4, 0.5) is 27.9 Å². The van der Waals surface area contributed by atoms with Crippen molar-refractivity contribution in [2.45, 2.75) is 70.7 Å². The highest BCUT2D eigenvalue weighted by molar-refractivity contribution is 6.36. The van der Waals surface area contributed by atoms with Gasteiger partial charge < -0.3 is 29.5 Å². The predicted octanol–water partition coefficient (Wildman–Crippen LogP) is 6.28. The molecule has 2 atom stereocenters. The van der Waals surface area contributed by atoms with Crippen LogP contribution in [0.15, 0.2) is 42.6 Å². The normalized spacial score (nSPS) is 18.7. The molecular weight excluding hydrogens is 656 g/mol. The van der Waals surface area contributed by atoms with Gasteiger partial charge in [0, 0.05) is 32.2 Å². The number of anilines is 4. The Morgan fingerprint density at radius 1 is 1.12 bits per heavy atom. The smallest absolute Gasteiger partial charge is 0.410 e. The summed E-state index contributed by atoms with van der Waals surface area (Å²) in [6, 6.07) is 16.0. The van der Waals surface area contributed by atoms with Crippen LogP contribution in [0, 0.1) is 28.6 Å². The molecule has 1 aliphatic carbocycles. The maximum atomic E-state index is 13.2. The van der Waals surface area contributed by atoms with Crippen LogP contribution < -0.4 is 19.9 Å². The fraction of sp³-hybridized carbons (Fsp3) is 0.444. The Balaban J connectivity index is 1.21. The van der Waals surface area contributed by atoms with Gasteiger partial charge in [0.25, 0.3) is 0 Å². The van der Waals surface area contributed by atoms with E-state index in [-0.39, 0.29) is 35.7 Å². The molecule has 13 nitrogen and oxygen atoms in total. The second-order valence-corrected chi connectivity index (χ2v) is 14.5. The zero-order chi connectivity index (χ0) is 35.2. The summed E-state index contributed by atoms with van der Waals surface area (Å²) in [6.45, 7) is 8.08. The van der Waals surface area contributed by atoms with Crippen LogP contribution in [0.3, 0.4) is 0 Å². The molecule has 2 aromatic heterocycles. The summed E-state index contributed by atoms with van der Waals surface area (Å²) < 4.78 is 12.6. The molecule has 1 amide bonds. The summed E-state index contributed by atoms with van der Waals surface area (Å²) in [7, 11) is 1.64. The minimum Gasteiger partial charge on any atom is -0.497 e. The zero-order valence-electron chi connectivity index (χ0n) is 28.6. The molecular formula is C36H39ClN10O3. The van der Waals surface area contributed by atoms with E-state index in [1.807, 2.05) is 49.9 Å². The third kappa shape index (κ3) is 6.66. The molecule has 3 fully saturated rings. The number of nitrogens with one attached hydrogen (secondary N) is 1. The van der Waals surface area contributed by atoms with Gasteiger partial charge in [-0.05, 0) is 82.2 Å². The third-order valence-electron chi connectivity index (χ3n) is 9.41.